The molecule has 0 unspecified atom stereocenters. The van der Waals surface area contributed by atoms with E-state index in [-0.39, 0.29) is 5.91 Å². The third kappa shape index (κ3) is 2.56. The third-order valence-corrected chi connectivity index (χ3v) is 3.70. The average Bonchev–Trinajstić information content (AvgIpc) is 2.80. The van der Waals surface area contributed by atoms with Crippen molar-refractivity contribution in [1.82, 2.24) is 10.2 Å². The van der Waals surface area contributed by atoms with Crippen LogP contribution in [-0.2, 0) is 0 Å². The highest BCUT2D eigenvalue weighted by molar-refractivity contribution is 5.96. The molecule has 1 N–H and O–H groups in total. The van der Waals surface area contributed by atoms with E-state index in [4.69, 9.17) is 0 Å². The van der Waals surface area contributed by atoms with Gasteiger partial charge in [0.05, 0.1) is 0 Å². The van der Waals surface area contributed by atoms with Gasteiger partial charge in [0.25, 0.3) is 5.91 Å². The van der Waals surface area contributed by atoms with Gasteiger partial charge in [-0.3, -0.25) is 4.79 Å². The fourth-order valence-corrected chi connectivity index (χ4v) is 2.67. The van der Waals surface area contributed by atoms with Crippen molar-refractivity contribution in [3.8, 4) is 0 Å². The summed E-state index contributed by atoms with van der Waals surface area (Å²) in [7, 11) is 1.94. The van der Waals surface area contributed by atoms with E-state index in [1.165, 1.54) is 0 Å². The molecule has 0 aromatic heterocycles. The monoisotopic (exact) mass is 246 g/mol. The Morgan fingerprint density at radius 2 is 2.22 bits per heavy atom. The molecule has 0 radical (unpaired) electrons. The summed E-state index contributed by atoms with van der Waals surface area (Å²) in [6, 6.07) is 6.45. The summed E-state index contributed by atoms with van der Waals surface area (Å²) in [4.78, 5) is 14.6. The van der Waals surface area contributed by atoms with Crippen molar-refractivity contribution in [3.63, 3.8) is 0 Å². The third-order valence-electron chi connectivity index (χ3n) is 3.70. The topological polar surface area (TPSA) is 32.3 Å². The zero-order valence-corrected chi connectivity index (χ0v) is 11.5. The summed E-state index contributed by atoms with van der Waals surface area (Å²) in [5.41, 5.74) is 3.08. The number of nitrogens with zero attached hydrogens (tertiary/aromatic N) is 1. The second-order valence-electron chi connectivity index (χ2n) is 5.17. The van der Waals surface area contributed by atoms with E-state index in [0.29, 0.717) is 6.04 Å². The van der Waals surface area contributed by atoms with Crippen LogP contribution in [-0.4, -0.2) is 37.0 Å². The average molecular weight is 246 g/mol. The van der Waals surface area contributed by atoms with E-state index in [1.807, 2.05) is 37.9 Å². The van der Waals surface area contributed by atoms with Crippen molar-refractivity contribution < 1.29 is 4.79 Å². The largest absolute Gasteiger partial charge is 0.334 e. The fourth-order valence-electron chi connectivity index (χ4n) is 2.67. The number of aryl methyl sites for hydroxylation is 2. The van der Waals surface area contributed by atoms with Crippen LogP contribution in [0, 0.1) is 13.8 Å². The number of hydrogen-bond donors (Lipinski definition) is 1. The Balaban J connectivity index is 2.22. The zero-order chi connectivity index (χ0) is 13.1. The lowest BCUT2D eigenvalue weighted by Crippen LogP contribution is -2.41. The quantitative estimate of drug-likeness (QED) is 0.886. The molecule has 1 amide bonds. The van der Waals surface area contributed by atoms with E-state index < -0.39 is 0 Å². The molecule has 1 aromatic carbocycles. The van der Waals surface area contributed by atoms with Crippen LogP contribution in [0.1, 0.15) is 34.3 Å². The molecule has 18 heavy (non-hydrogen) atoms. The first kappa shape index (κ1) is 13.1. The molecule has 1 aromatic rings. The van der Waals surface area contributed by atoms with Gasteiger partial charge in [0.2, 0.25) is 0 Å². The first-order chi connectivity index (χ1) is 8.63. The van der Waals surface area contributed by atoms with Gasteiger partial charge in [-0.25, -0.2) is 0 Å². The van der Waals surface area contributed by atoms with Gasteiger partial charge in [0.1, 0.15) is 0 Å². The normalized spacial score (nSPS) is 19.3. The second-order valence-corrected chi connectivity index (χ2v) is 5.17. The van der Waals surface area contributed by atoms with Crippen LogP contribution in [0.3, 0.4) is 0 Å². The number of rotatable bonds is 3. The summed E-state index contributed by atoms with van der Waals surface area (Å²) in [5.74, 6) is 0.189. The minimum absolute atomic E-state index is 0.189. The second kappa shape index (κ2) is 5.53. The molecule has 3 nitrogen and oxygen atoms in total. The molecular formula is C15H22N2O. The molecule has 0 spiro atoms. The van der Waals surface area contributed by atoms with Gasteiger partial charge in [-0.1, -0.05) is 17.7 Å². The van der Waals surface area contributed by atoms with Crippen molar-refractivity contribution in [3.05, 3.63) is 34.9 Å². The lowest BCUT2D eigenvalue weighted by molar-refractivity contribution is 0.0736. The number of amides is 1. The van der Waals surface area contributed by atoms with Crippen molar-refractivity contribution in [2.75, 3.05) is 20.1 Å². The Morgan fingerprint density at radius 1 is 1.44 bits per heavy atom. The van der Waals surface area contributed by atoms with Gasteiger partial charge >= 0.3 is 0 Å². The van der Waals surface area contributed by atoms with Gasteiger partial charge in [-0.2, -0.15) is 0 Å². The maximum atomic E-state index is 12.6. The van der Waals surface area contributed by atoms with E-state index in [0.717, 1.165) is 42.6 Å². The maximum Gasteiger partial charge on any atom is 0.254 e. The number of nitrogens with one attached hydrogen (secondary N) is 1. The molecule has 1 saturated heterocycles. The van der Waals surface area contributed by atoms with Gasteiger partial charge in [0, 0.05) is 24.7 Å². The molecule has 1 aliphatic rings. The summed E-state index contributed by atoms with van der Waals surface area (Å²) in [6.07, 6.45) is 2.22. The van der Waals surface area contributed by atoms with Crippen molar-refractivity contribution in [2.45, 2.75) is 32.7 Å². The molecule has 1 fully saturated rings. The SMILES string of the molecule is CNC[C@H]1CCCN1C(=O)c1cc(C)ccc1C. The fraction of sp³-hybridized carbons (Fsp3) is 0.533. The minimum Gasteiger partial charge on any atom is -0.334 e. The zero-order valence-electron chi connectivity index (χ0n) is 11.5. The Morgan fingerprint density at radius 3 is 2.94 bits per heavy atom. The lowest BCUT2D eigenvalue weighted by Gasteiger charge is -2.25. The molecule has 1 aliphatic heterocycles. The van der Waals surface area contributed by atoms with Crippen LogP contribution in [0.4, 0.5) is 0 Å². The highest BCUT2D eigenvalue weighted by Gasteiger charge is 2.29. The molecule has 1 heterocycles. The standard InChI is InChI=1S/C15H22N2O/c1-11-6-7-12(2)14(9-11)15(18)17-8-4-5-13(17)10-16-3/h6-7,9,13,16H,4-5,8,10H2,1-3H3/t13-/m1/s1. The molecular weight excluding hydrogens is 224 g/mol. The van der Waals surface area contributed by atoms with Gasteiger partial charge in [0.15, 0.2) is 0 Å². The Hall–Kier alpha value is -1.35. The van der Waals surface area contributed by atoms with Crippen molar-refractivity contribution in [2.24, 2.45) is 0 Å². The molecule has 1 atom stereocenters. The van der Waals surface area contributed by atoms with Crippen LogP contribution in [0.25, 0.3) is 0 Å². The summed E-state index contributed by atoms with van der Waals surface area (Å²) in [5, 5.41) is 3.18. The van der Waals surface area contributed by atoms with E-state index in [1.54, 1.807) is 0 Å². The lowest BCUT2D eigenvalue weighted by atomic mass is 10.0. The summed E-state index contributed by atoms with van der Waals surface area (Å²) >= 11 is 0. The Bertz CT molecular complexity index is 442. The van der Waals surface area contributed by atoms with Crippen molar-refractivity contribution >= 4 is 5.91 Å². The number of likely N-dealkylation sites (tertiary alicyclic amines) is 1. The number of carbonyl (C=O) groups excluding carboxylic acids is 1. The Labute approximate surface area is 109 Å². The highest BCUT2D eigenvalue weighted by Crippen LogP contribution is 2.21. The van der Waals surface area contributed by atoms with E-state index in [9.17, 15) is 4.79 Å². The van der Waals surface area contributed by atoms with Crippen LogP contribution in [0.5, 0.6) is 0 Å². The van der Waals surface area contributed by atoms with Crippen molar-refractivity contribution in [1.29, 1.82) is 0 Å². The molecule has 2 rings (SSSR count). The first-order valence-corrected chi connectivity index (χ1v) is 6.66. The summed E-state index contributed by atoms with van der Waals surface area (Å²) in [6.45, 7) is 5.82. The highest BCUT2D eigenvalue weighted by atomic mass is 16.2. The van der Waals surface area contributed by atoms with Crippen LogP contribution in [0.2, 0.25) is 0 Å². The molecule has 0 bridgehead atoms. The number of carbonyl (C=O) groups is 1. The molecule has 3 heteroatoms. The van der Waals surface area contributed by atoms with Gasteiger partial charge in [-0.15, -0.1) is 0 Å². The Kier molecular flexibility index (Phi) is 4.02. The van der Waals surface area contributed by atoms with Gasteiger partial charge in [-0.05, 0) is 45.4 Å². The molecule has 0 aliphatic carbocycles. The molecule has 98 valence electrons. The first-order valence-electron chi connectivity index (χ1n) is 6.66. The van der Waals surface area contributed by atoms with Crippen LogP contribution >= 0.6 is 0 Å². The smallest absolute Gasteiger partial charge is 0.254 e. The molecule has 0 saturated carbocycles. The number of benzene rings is 1. The minimum atomic E-state index is 0.189. The van der Waals surface area contributed by atoms with Gasteiger partial charge < -0.3 is 10.2 Å². The van der Waals surface area contributed by atoms with Crippen LogP contribution < -0.4 is 5.32 Å². The number of likely N-dealkylation sites (N-methyl/N-ethyl adjacent to an activating group) is 1. The van der Waals surface area contributed by atoms with Crippen LogP contribution in [0.15, 0.2) is 18.2 Å². The maximum absolute atomic E-state index is 12.6. The number of hydrogen-bond acceptors (Lipinski definition) is 2. The predicted octanol–water partition coefficient (Wildman–Crippen LogP) is 2.13. The van der Waals surface area contributed by atoms with E-state index >= 15 is 0 Å². The summed E-state index contributed by atoms with van der Waals surface area (Å²) < 4.78 is 0. The van der Waals surface area contributed by atoms with E-state index in [2.05, 4.69) is 11.4 Å². The predicted molar refractivity (Wildman–Crippen MR) is 73.9 cm³/mol.